The van der Waals surface area contributed by atoms with Crippen LogP contribution in [-0.4, -0.2) is 86.3 Å². The van der Waals surface area contributed by atoms with Crippen LogP contribution in [0, 0.1) is 11.3 Å². The molecule has 1 fully saturated rings. The van der Waals surface area contributed by atoms with Crippen LogP contribution in [-0.2, 0) is 37.8 Å². The number of ether oxygens (including phenoxy) is 4. The summed E-state index contributed by atoms with van der Waals surface area (Å²) in [6.07, 6.45) is -2.34. The highest BCUT2D eigenvalue weighted by molar-refractivity contribution is 6.69. The summed E-state index contributed by atoms with van der Waals surface area (Å²) in [6.45, 7) is 9.22. The maximum atomic E-state index is 12.0. The third-order valence-corrected chi connectivity index (χ3v) is 5.60. The van der Waals surface area contributed by atoms with Crippen molar-refractivity contribution in [3.8, 4) is 6.07 Å². The zero-order valence-corrected chi connectivity index (χ0v) is 22.8. The van der Waals surface area contributed by atoms with Crippen LogP contribution in [0.3, 0.4) is 0 Å². The molecule has 1 aliphatic rings. The molecule has 0 spiro atoms. The van der Waals surface area contributed by atoms with Gasteiger partial charge in [-0.3, -0.25) is 14.4 Å². The van der Waals surface area contributed by atoms with E-state index in [0.29, 0.717) is 5.56 Å². The minimum Gasteiger partial charge on any atom is -0.463 e. The number of carbonyl (C=O) groups is 3. The van der Waals surface area contributed by atoms with Gasteiger partial charge in [0.1, 0.15) is 12.7 Å². The van der Waals surface area contributed by atoms with Gasteiger partial charge in [0, 0.05) is 34.9 Å². The average molecular weight is 524 g/mol. The fourth-order valence-corrected chi connectivity index (χ4v) is 4.33. The first-order valence-electron chi connectivity index (χ1n) is 11.2. The second-order valence-corrected chi connectivity index (χ2v) is 13.8. The van der Waals surface area contributed by atoms with E-state index in [-0.39, 0.29) is 12.4 Å². The zero-order chi connectivity index (χ0) is 27.2. The van der Waals surface area contributed by atoms with Crippen molar-refractivity contribution in [2.45, 2.75) is 71.1 Å². The fraction of sp³-hybridized carbons (Fsp3) is 0.636. The van der Waals surface area contributed by atoms with Crippen molar-refractivity contribution < 1.29 is 37.8 Å². The molecule has 0 saturated carbocycles. The minimum atomic E-state index is -2.14. The highest BCUT2D eigenvalue weighted by Gasteiger charge is 2.51. The molecule has 36 heavy (non-hydrogen) atoms. The summed E-state index contributed by atoms with van der Waals surface area (Å²) in [5.41, 5.74) is 0.385. The van der Waals surface area contributed by atoms with Gasteiger partial charge in [-0.2, -0.15) is 10.4 Å². The van der Waals surface area contributed by atoms with Crippen LogP contribution >= 0.6 is 0 Å². The number of hydrogen-bond acceptors (Lipinski definition) is 11. The lowest BCUT2D eigenvalue weighted by Crippen LogP contribution is -2.40. The Morgan fingerprint density at radius 1 is 1.19 bits per heavy atom. The number of nitrogens with zero attached hydrogens (tertiary/aromatic N) is 5. The first-order valence-corrected chi connectivity index (χ1v) is 14.6. The molecule has 2 rings (SSSR count). The molecule has 0 aromatic carbocycles. The van der Waals surface area contributed by atoms with E-state index < -0.39 is 56.9 Å². The van der Waals surface area contributed by atoms with E-state index >= 15 is 0 Å². The minimum absolute atomic E-state index is 0.227. The summed E-state index contributed by atoms with van der Waals surface area (Å²) in [4.78, 5) is 41.4. The largest absolute Gasteiger partial charge is 0.463 e. The Bertz CT molecular complexity index is 1030. The molecule has 0 bridgehead atoms. The molecule has 5 atom stereocenters. The standard InChI is InChI=1S/C22H33N5O8Si/c1-13(28)31-11-18-19(32-14(2)29)20(33-15(3)30)22(34-18)27-21(24-12-26(4)5)16(10-25-27)17(9-23)35-36(6,7)8/h10,12,17-20,22H,11H2,1-8H3/t17?,18-,19-,20-,22-/m1/s1. The predicted molar refractivity (Wildman–Crippen MR) is 129 cm³/mol. The summed E-state index contributed by atoms with van der Waals surface area (Å²) in [5.74, 6) is -1.63. The summed E-state index contributed by atoms with van der Waals surface area (Å²) in [6, 6.07) is 2.15. The Hall–Kier alpha value is -3.28. The van der Waals surface area contributed by atoms with Crippen LogP contribution in [0.1, 0.15) is 38.7 Å². The van der Waals surface area contributed by atoms with Crippen molar-refractivity contribution in [2.75, 3.05) is 20.7 Å². The van der Waals surface area contributed by atoms with E-state index in [4.69, 9.17) is 23.4 Å². The maximum Gasteiger partial charge on any atom is 0.303 e. The number of aliphatic imine (C=N–C) groups is 1. The Morgan fingerprint density at radius 2 is 1.81 bits per heavy atom. The molecule has 0 aliphatic carbocycles. The summed E-state index contributed by atoms with van der Waals surface area (Å²) < 4.78 is 29.4. The first kappa shape index (κ1) is 29.0. The second kappa shape index (κ2) is 12.1. The van der Waals surface area contributed by atoms with E-state index in [1.165, 1.54) is 38.0 Å². The number of esters is 3. The Balaban J connectivity index is 2.62. The van der Waals surface area contributed by atoms with Gasteiger partial charge in [-0.15, -0.1) is 0 Å². The Kier molecular flexibility index (Phi) is 9.74. The fourth-order valence-electron chi connectivity index (χ4n) is 3.45. The van der Waals surface area contributed by atoms with Crippen molar-refractivity contribution in [2.24, 2.45) is 4.99 Å². The first-order chi connectivity index (χ1) is 16.7. The molecule has 1 aromatic rings. The third kappa shape index (κ3) is 7.87. The van der Waals surface area contributed by atoms with Crippen LogP contribution in [0.15, 0.2) is 11.2 Å². The summed E-state index contributed by atoms with van der Waals surface area (Å²) in [5, 5.41) is 14.2. The molecule has 0 radical (unpaired) electrons. The zero-order valence-electron chi connectivity index (χ0n) is 21.8. The lowest BCUT2D eigenvalue weighted by atomic mass is 10.1. The quantitative estimate of drug-likeness (QED) is 0.145. The van der Waals surface area contributed by atoms with Crippen molar-refractivity contribution in [1.82, 2.24) is 14.7 Å². The molecule has 0 N–H and O–H groups in total. The van der Waals surface area contributed by atoms with Gasteiger partial charge in [-0.25, -0.2) is 9.67 Å². The van der Waals surface area contributed by atoms with Gasteiger partial charge >= 0.3 is 17.9 Å². The lowest BCUT2D eigenvalue weighted by molar-refractivity contribution is -0.166. The molecule has 1 saturated heterocycles. The number of nitriles is 1. The average Bonchev–Trinajstić information content (AvgIpc) is 3.29. The maximum absolute atomic E-state index is 12.0. The molecule has 13 nitrogen and oxygen atoms in total. The topological polar surface area (TPSA) is 155 Å². The molecule has 1 unspecified atom stereocenters. The summed E-state index contributed by atoms with van der Waals surface area (Å²) in [7, 11) is 1.40. The van der Waals surface area contributed by atoms with Gasteiger partial charge in [0.25, 0.3) is 0 Å². The normalized spacial score (nSPS) is 22.6. The SMILES string of the molecule is CC(=O)OC[C@H]1O[C@@H](n2ncc(C(C#N)O[Si](C)(C)C)c2N=CN(C)C)[C@H](OC(C)=O)[C@@H]1OC(C)=O. The highest BCUT2D eigenvalue weighted by atomic mass is 28.4. The molecule has 198 valence electrons. The van der Waals surface area contributed by atoms with Crippen LogP contribution in [0.5, 0.6) is 0 Å². The van der Waals surface area contributed by atoms with Crippen molar-refractivity contribution in [3.63, 3.8) is 0 Å². The van der Waals surface area contributed by atoms with E-state index in [1.54, 1.807) is 19.0 Å². The number of carbonyl (C=O) groups excluding carboxylic acids is 3. The van der Waals surface area contributed by atoms with Crippen LogP contribution < -0.4 is 0 Å². The van der Waals surface area contributed by atoms with Gasteiger partial charge in [0.15, 0.2) is 38.7 Å². The van der Waals surface area contributed by atoms with E-state index in [2.05, 4.69) is 16.2 Å². The smallest absolute Gasteiger partial charge is 0.303 e. The van der Waals surface area contributed by atoms with Crippen molar-refractivity contribution in [3.05, 3.63) is 11.8 Å². The monoisotopic (exact) mass is 523 g/mol. The van der Waals surface area contributed by atoms with Gasteiger partial charge in [-0.05, 0) is 19.6 Å². The Labute approximate surface area is 211 Å². The molecular formula is C22H33N5O8Si. The highest BCUT2D eigenvalue weighted by Crippen LogP contribution is 2.39. The van der Waals surface area contributed by atoms with E-state index in [1.807, 2.05) is 19.6 Å². The van der Waals surface area contributed by atoms with Gasteiger partial charge in [0.2, 0.25) is 0 Å². The molecule has 1 aromatic heterocycles. The number of aromatic nitrogens is 2. The van der Waals surface area contributed by atoms with Crippen LogP contribution in [0.4, 0.5) is 5.82 Å². The molecule has 1 aliphatic heterocycles. The van der Waals surface area contributed by atoms with Gasteiger partial charge < -0.3 is 28.3 Å². The molecule has 14 heteroatoms. The Morgan fingerprint density at radius 3 is 2.31 bits per heavy atom. The molecule has 2 heterocycles. The summed E-state index contributed by atoms with van der Waals surface area (Å²) >= 11 is 0. The second-order valence-electron chi connectivity index (χ2n) is 9.33. The van der Waals surface area contributed by atoms with Gasteiger partial charge in [-0.1, -0.05) is 0 Å². The van der Waals surface area contributed by atoms with E-state index in [0.717, 1.165) is 0 Å². The third-order valence-electron chi connectivity index (χ3n) is 4.66. The number of hydrogen-bond donors (Lipinski definition) is 0. The van der Waals surface area contributed by atoms with Gasteiger partial charge in [0.05, 0.1) is 24.2 Å². The van der Waals surface area contributed by atoms with Crippen LogP contribution in [0.2, 0.25) is 19.6 Å². The molecular weight excluding hydrogens is 490 g/mol. The van der Waals surface area contributed by atoms with E-state index in [9.17, 15) is 19.6 Å². The lowest BCUT2D eigenvalue weighted by Gasteiger charge is -2.24. The predicted octanol–water partition coefficient (Wildman–Crippen LogP) is 1.84. The van der Waals surface area contributed by atoms with Crippen LogP contribution in [0.25, 0.3) is 0 Å². The van der Waals surface area contributed by atoms with Crippen molar-refractivity contribution in [1.29, 1.82) is 5.26 Å². The number of rotatable bonds is 10. The molecule has 0 amide bonds. The van der Waals surface area contributed by atoms with Crippen molar-refractivity contribution >= 4 is 38.4 Å².